The summed E-state index contributed by atoms with van der Waals surface area (Å²) >= 11 is 1.27. The Morgan fingerprint density at radius 1 is 1.00 bits per heavy atom. The van der Waals surface area contributed by atoms with Gasteiger partial charge in [0.05, 0.1) is 18.3 Å². The fraction of sp³-hybridized carbons (Fsp3) is 0.200. The molecule has 0 unspecified atom stereocenters. The Morgan fingerprint density at radius 3 is 2.32 bits per heavy atom. The van der Waals surface area contributed by atoms with Crippen molar-refractivity contribution >= 4 is 16.9 Å². The summed E-state index contributed by atoms with van der Waals surface area (Å²) in [5.41, 5.74) is 3.36. The zero-order valence-corrected chi connectivity index (χ0v) is 14.7. The summed E-state index contributed by atoms with van der Waals surface area (Å²) in [5.74, 6) is 0.558. The lowest BCUT2D eigenvalue weighted by Crippen LogP contribution is -2.29. The number of hydrogen-bond donors (Lipinski definition) is 0. The van der Waals surface area contributed by atoms with Gasteiger partial charge in [-0.1, -0.05) is 72.4 Å². The van der Waals surface area contributed by atoms with E-state index in [0.717, 1.165) is 16.8 Å². The van der Waals surface area contributed by atoms with Gasteiger partial charge in [0.15, 0.2) is 0 Å². The van der Waals surface area contributed by atoms with Crippen molar-refractivity contribution in [1.29, 1.82) is 0 Å². The summed E-state index contributed by atoms with van der Waals surface area (Å²) in [6.07, 6.45) is 0. The fourth-order valence-corrected chi connectivity index (χ4v) is 4.28. The molecule has 126 valence electrons. The van der Waals surface area contributed by atoms with Gasteiger partial charge >= 0.3 is 5.69 Å². The lowest BCUT2D eigenvalue weighted by atomic mass is 10.1. The number of carbonyl (C=O) groups excluding carboxylic acids is 1. The summed E-state index contributed by atoms with van der Waals surface area (Å²) in [6, 6.07) is 19.6. The molecule has 2 aromatic carbocycles. The van der Waals surface area contributed by atoms with Crippen molar-refractivity contribution < 1.29 is 4.79 Å². The predicted octanol–water partition coefficient (Wildman–Crippen LogP) is 3.69. The highest BCUT2D eigenvalue weighted by Gasteiger charge is 2.32. The van der Waals surface area contributed by atoms with Gasteiger partial charge in [0.2, 0.25) is 5.12 Å². The van der Waals surface area contributed by atoms with Gasteiger partial charge in [-0.2, -0.15) is 0 Å². The molecule has 1 atom stereocenters. The summed E-state index contributed by atoms with van der Waals surface area (Å²) in [5, 5.41) is -0.0120. The zero-order chi connectivity index (χ0) is 17.4. The molecule has 1 aromatic heterocycles. The minimum absolute atomic E-state index is 0.0120. The van der Waals surface area contributed by atoms with Crippen molar-refractivity contribution in [2.24, 2.45) is 0 Å². The first-order valence-electron chi connectivity index (χ1n) is 8.26. The van der Waals surface area contributed by atoms with Crippen LogP contribution in [0.3, 0.4) is 0 Å². The van der Waals surface area contributed by atoms with Crippen LogP contribution < -0.4 is 5.69 Å². The monoisotopic (exact) mass is 350 g/mol. The highest BCUT2D eigenvalue weighted by Crippen LogP contribution is 2.32. The molecule has 0 N–H and O–H groups in total. The second-order valence-electron chi connectivity index (χ2n) is 6.18. The first-order chi connectivity index (χ1) is 12.2. The number of nitrogens with zero attached hydrogens (tertiary/aromatic N) is 2. The topological polar surface area (TPSA) is 44.0 Å². The number of carbonyl (C=O) groups is 1. The van der Waals surface area contributed by atoms with Gasteiger partial charge in [-0.15, -0.1) is 0 Å². The number of rotatable bonds is 4. The van der Waals surface area contributed by atoms with Crippen LogP contribution in [0.25, 0.3) is 0 Å². The molecule has 4 nitrogen and oxygen atoms in total. The van der Waals surface area contributed by atoms with Crippen molar-refractivity contribution in [3.8, 4) is 0 Å². The third-order valence-corrected chi connectivity index (χ3v) is 5.53. The van der Waals surface area contributed by atoms with E-state index in [1.807, 2.05) is 67.6 Å². The quantitative estimate of drug-likeness (QED) is 0.721. The minimum atomic E-state index is -0.112. The molecular weight excluding hydrogens is 332 g/mol. The molecule has 1 aliphatic heterocycles. The molecule has 25 heavy (non-hydrogen) atoms. The van der Waals surface area contributed by atoms with Crippen LogP contribution in [0, 0.1) is 0 Å². The van der Waals surface area contributed by atoms with Crippen LogP contribution in [0.4, 0.5) is 0 Å². The molecule has 5 heteroatoms. The molecule has 0 radical (unpaired) electrons. The van der Waals surface area contributed by atoms with E-state index in [2.05, 4.69) is 0 Å². The number of thioether (sulfide) groups is 1. The molecule has 0 fully saturated rings. The van der Waals surface area contributed by atoms with E-state index in [4.69, 9.17) is 0 Å². The van der Waals surface area contributed by atoms with Crippen LogP contribution in [0.2, 0.25) is 0 Å². The SMILES string of the molecule is C[C@@H](c1ccccc1)n1c2c(n(Cc3ccccc3)c1=O)C(=O)SC2. The Balaban J connectivity index is 1.84. The van der Waals surface area contributed by atoms with E-state index in [9.17, 15) is 9.59 Å². The second-order valence-corrected chi connectivity index (χ2v) is 7.13. The molecule has 0 aliphatic carbocycles. The molecular formula is C20H18N2O2S. The van der Waals surface area contributed by atoms with Gasteiger partial charge in [-0.25, -0.2) is 4.79 Å². The van der Waals surface area contributed by atoms with E-state index in [1.165, 1.54) is 11.8 Å². The number of aromatic nitrogens is 2. The summed E-state index contributed by atoms with van der Waals surface area (Å²) in [7, 11) is 0. The molecule has 0 amide bonds. The van der Waals surface area contributed by atoms with E-state index >= 15 is 0 Å². The fourth-order valence-electron chi connectivity index (χ4n) is 3.37. The molecule has 0 saturated heterocycles. The van der Waals surface area contributed by atoms with Gasteiger partial charge in [0.1, 0.15) is 5.69 Å². The zero-order valence-electron chi connectivity index (χ0n) is 13.9. The van der Waals surface area contributed by atoms with E-state index in [0.29, 0.717) is 18.0 Å². The maximum absolute atomic E-state index is 13.1. The maximum Gasteiger partial charge on any atom is 0.329 e. The Morgan fingerprint density at radius 2 is 1.64 bits per heavy atom. The minimum Gasteiger partial charge on any atom is -0.287 e. The standard InChI is InChI=1S/C20H18N2O2S/c1-14(16-10-6-3-7-11-16)22-17-13-25-19(23)18(17)21(20(22)24)12-15-8-4-2-5-9-15/h2-11,14H,12-13H2,1H3/t14-/m0/s1. The van der Waals surface area contributed by atoms with Gasteiger partial charge in [0.25, 0.3) is 0 Å². The van der Waals surface area contributed by atoms with Crippen molar-refractivity contribution in [3.63, 3.8) is 0 Å². The number of benzene rings is 2. The molecule has 4 rings (SSSR count). The summed E-state index contributed by atoms with van der Waals surface area (Å²) in [6.45, 7) is 2.43. The maximum atomic E-state index is 13.1. The van der Waals surface area contributed by atoms with Crippen LogP contribution in [-0.2, 0) is 12.3 Å². The third kappa shape index (κ3) is 2.74. The first kappa shape index (κ1) is 16.0. The van der Waals surface area contributed by atoms with Gasteiger partial charge < -0.3 is 0 Å². The molecule has 3 aromatic rings. The first-order valence-corrected chi connectivity index (χ1v) is 9.25. The van der Waals surface area contributed by atoms with E-state index in [1.54, 1.807) is 9.13 Å². The van der Waals surface area contributed by atoms with Gasteiger partial charge in [0, 0.05) is 5.75 Å². The van der Waals surface area contributed by atoms with Crippen LogP contribution >= 0.6 is 11.8 Å². The molecule has 2 heterocycles. The average Bonchev–Trinajstić information content (AvgIpc) is 3.14. The molecule has 0 saturated carbocycles. The van der Waals surface area contributed by atoms with Crippen LogP contribution in [-0.4, -0.2) is 14.2 Å². The van der Waals surface area contributed by atoms with Gasteiger partial charge in [-0.3, -0.25) is 13.9 Å². The van der Waals surface area contributed by atoms with Crippen LogP contribution in [0.15, 0.2) is 65.5 Å². The van der Waals surface area contributed by atoms with Crippen LogP contribution in [0.1, 0.15) is 40.3 Å². The lowest BCUT2D eigenvalue weighted by Gasteiger charge is -2.15. The van der Waals surface area contributed by atoms with Crippen molar-refractivity contribution in [3.05, 3.63) is 93.7 Å². The largest absolute Gasteiger partial charge is 0.329 e. The summed E-state index contributed by atoms with van der Waals surface area (Å²) < 4.78 is 3.41. The van der Waals surface area contributed by atoms with Crippen molar-refractivity contribution in [1.82, 2.24) is 9.13 Å². The Bertz CT molecular complexity index is 974. The molecule has 0 spiro atoms. The van der Waals surface area contributed by atoms with Crippen molar-refractivity contribution in [2.45, 2.75) is 25.3 Å². The normalized spacial score (nSPS) is 14.5. The Labute approximate surface area is 150 Å². The highest BCUT2D eigenvalue weighted by molar-refractivity contribution is 8.13. The number of hydrogen-bond acceptors (Lipinski definition) is 3. The number of fused-ring (bicyclic) bond motifs is 1. The smallest absolute Gasteiger partial charge is 0.287 e. The Kier molecular flexibility index (Phi) is 4.09. The second kappa shape index (κ2) is 6.41. The average molecular weight is 350 g/mol. The van der Waals surface area contributed by atoms with Crippen LogP contribution in [0.5, 0.6) is 0 Å². The Hall–Kier alpha value is -2.53. The third-order valence-electron chi connectivity index (χ3n) is 4.66. The van der Waals surface area contributed by atoms with Crippen molar-refractivity contribution in [2.75, 3.05) is 0 Å². The predicted molar refractivity (Wildman–Crippen MR) is 100 cm³/mol. The van der Waals surface area contributed by atoms with Gasteiger partial charge in [-0.05, 0) is 18.1 Å². The lowest BCUT2D eigenvalue weighted by molar-refractivity contribution is 0.108. The summed E-state index contributed by atoms with van der Waals surface area (Å²) in [4.78, 5) is 25.5. The van der Waals surface area contributed by atoms with E-state index < -0.39 is 0 Å². The molecule has 0 bridgehead atoms. The van der Waals surface area contributed by atoms with E-state index in [-0.39, 0.29) is 16.8 Å². The molecule has 1 aliphatic rings. The highest BCUT2D eigenvalue weighted by atomic mass is 32.2. The number of imidazole rings is 1.